The molecule has 16 heavy (non-hydrogen) atoms. The first kappa shape index (κ1) is 13.0. The lowest BCUT2D eigenvalue weighted by Gasteiger charge is -2.20. The quantitative estimate of drug-likeness (QED) is 0.804. The standard InChI is InChI=1S/C11H15BrN2O2/c1-7-5-9(12)13-6-8(7)14-10(15)16-11(2,3)4/h5-6H,1-4H3,(H,14,15). The number of hydrogen-bond donors (Lipinski definition) is 1. The highest BCUT2D eigenvalue weighted by Crippen LogP contribution is 2.18. The summed E-state index contributed by atoms with van der Waals surface area (Å²) in [5, 5.41) is 2.65. The third kappa shape index (κ3) is 4.18. The van der Waals surface area contributed by atoms with Gasteiger partial charge in [0.2, 0.25) is 0 Å². The van der Waals surface area contributed by atoms with Crippen molar-refractivity contribution in [3.8, 4) is 0 Å². The summed E-state index contributed by atoms with van der Waals surface area (Å²) in [6.45, 7) is 7.34. The molecule has 1 amide bonds. The van der Waals surface area contributed by atoms with E-state index in [0.29, 0.717) is 5.69 Å². The lowest BCUT2D eigenvalue weighted by atomic mass is 10.2. The number of nitrogens with zero attached hydrogens (tertiary/aromatic N) is 1. The number of anilines is 1. The van der Waals surface area contributed by atoms with Crippen LogP contribution in [0.1, 0.15) is 26.3 Å². The molecule has 0 saturated carbocycles. The molecule has 1 heterocycles. The Morgan fingerprint density at radius 3 is 2.62 bits per heavy atom. The molecule has 0 atom stereocenters. The SMILES string of the molecule is Cc1cc(Br)ncc1NC(=O)OC(C)(C)C. The summed E-state index contributed by atoms with van der Waals surface area (Å²) >= 11 is 3.26. The van der Waals surface area contributed by atoms with Gasteiger partial charge in [-0.3, -0.25) is 5.32 Å². The van der Waals surface area contributed by atoms with Crippen LogP contribution in [0.3, 0.4) is 0 Å². The summed E-state index contributed by atoms with van der Waals surface area (Å²) in [6.07, 6.45) is 1.11. The first-order valence-corrected chi connectivity index (χ1v) is 5.69. The number of amides is 1. The van der Waals surface area contributed by atoms with Crippen LogP contribution in [-0.4, -0.2) is 16.7 Å². The highest BCUT2D eigenvalue weighted by Gasteiger charge is 2.16. The zero-order valence-electron chi connectivity index (χ0n) is 9.80. The van der Waals surface area contributed by atoms with Crippen LogP contribution in [0.2, 0.25) is 0 Å². The van der Waals surface area contributed by atoms with Crippen molar-refractivity contribution in [2.24, 2.45) is 0 Å². The minimum absolute atomic E-state index is 0.472. The van der Waals surface area contributed by atoms with Crippen LogP contribution < -0.4 is 5.32 Å². The van der Waals surface area contributed by atoms with E-state index >= 15 is 0 Å². The number of pyridine rings is 1. The van der Waals surface area contributed by atoms with Crippen molar-refractivity contribution in [3.63, 3.8) is 0 Å². The molecule has 0 bridgehead atoms. The van der Waals surface area contributed by atoms with E-state index in [4.69, 9.17) is 4.74 Å². The summed E-state index contributed by atoms with van der Waals surface area (Å²) < 4.78 is 5.87. The van der Waals surface area contributed by atoms with E-state index in [0.717, 1.165) is 10.2 Å². The number of carbonyl (C=O) groups excluding carboxylic acids is 1. The maximum atomic E-state index is 11.5. The molecule has 88 valence electrons. The highest BCUT2D eigenvalue weighted by molar-refractivity contribution is 9.10. The largest absolute Gasteiger partial charge is 0.444 e. The Labute approximate surface area is 104 Å². The van der Waals surface area contributed by atoms with Crippen LogP contribution in [0.25, 0.3) is 0 Å². The Kier molecular flexibility index (Phi) is 3.91. The number of aromatic nitrogens is 1. The van der Waals surface area contributed by atoms with Crippen molar-refractivity contribution >= 4 is 27.7 Å². The smallest absolute Gasteiger partial charge is 0.412 e. The molecule has 1 aromatic rings. The summed E-state index contributed by atoms with van der Waals surface area (Å²) in [5.41, 5.74) is 1.08. The number of rotatable bonds is 1. The van der Waals surface area contributed by atoms with Crippen LogP contribution in [-0.2, 0) is 4.74 Å². The zero-order valence-corrected chi connectivity index (χ0v) is 11.4. The Morgan fingerprint density at radius 2 is 2.12 bits per heavy atom. The van der Waals surface area contributed by atoms with Gasteiger partial charge in [0.25, 0.3) is 0 Å². The summed E-state index contributed by atoms with van der Waals surface area (Å²) in [4.78, 5) is 15.5. The van der Waals surface area contributed by atoms with Gasteiger partial charge in [-0.15, -0.1) is 0 Å². The van der Waals surface area contributed by atoms with E-state index in [-0.39, 0.29) is 0 Å². The van der Waals surface area contributed by atoms with Gasteiger partial charge in [0.1, 0.15) is 10.2 Å². The van der Waals surface area contributed by atoms with Crippen LogP contribution in [0.5, 0.6) is 0 Å². The average Bonchev–Trinajstić information content (AvgIpc) is 2.06. The zero-order chi connectivity index (χ0) is 12.3. The van der Waals surface area contributed by atoms with Crippen molar-refractivity contribution in [1.82, 2.24) is 4.98 Å². The molecule has 0 radical (unpaired) electrons. The minimum Gasteiger partial charge on any atom is -0.444 e. The maximum absolute atomic E-state index is 11.5. The third-order valence-electron chi connectivity index (χ3n) is 1.71. The summed E-state index contributed by atoms with van der Waals surface area (Å²) in [7, 11) is 0. The molecule has 1 aromatic heterocycles. The van der Waals surface area contributed by atoms with Crippen LogP contribution in [0.4, 0.5) is 10.5 Å². The maximum Gasteiger partial charge on any atom is 0.412 e. The molecule has 0 aromatic carbocycles. The summed E-state index contributed by atoms with van der Waals surface area (Å²) in [5.74, 6) is 0. The number of hydrogen-bond acceptors (Lipinski definition) is 3. The van der Waals surface area contributed by atoms with E-state index in [1.54, 1.807) is 6.20 Å². The van der Waals surface area contributed by atoms with E-state index in [2.05, 4.69) is 26.2 Å². The minimum atomic E-state index is -0.499. The Hall–Kier alpha value is -1.10. The van der Waals surface area contributed by atoms with Gasteiger partial charge in [-0.1, -0.05) is 0 Å². The van der Waals surface area contributed by atoms with Gasteiger partial charge in [0.05, 0.1) is 11.9 Å². The molecule has 0 saturated heterocycles. The number of aryl methyl sites for hydroxylation is 1. The van der Waals surface area contributed by atoms with Crippen LogP contribution >= 0.6 is 15.9 Å². The first-order chi connectivity index (χ1) is 7.28. The van der Waals surface area contributed by atoms with Crippen molar-refractivity contribution in [3.05, 3.63) is 22.4 Å². The fourth-order valence-corrected chi connectivity index (χ4v) is 1.51. The third-order valence-corrected chi connectivity index (χ3v) is 2.15. The van der Waals surface area contributed by atoms with E-state index in [9.17, 15) is 4.79 Å². The second kappa shape index (κ2) is 4.82. The lowest BCUT2D eigenvalue weighted by Crippen LogP contribution is -2.27. The predicted molar refractivity (Wildman–Crippen MR) is 66.5 cm³/mol. The predicted octanol–water partition coefficient (Wildman–Crippen LogP) is 3.50. The van der Waals surface area contributed by atoms with E-state index in [1.807, 2.05) is 33.8 Å². The fraction of sp³-hybridized carbons (Fsp3) is 0.455. The van der Waals surface area contributed by atoms with Crippen LogP contribution in [0, 0.1) is 6.92 Å². The average molecular weight is 287 g/mol. The van der Waals surface area contributed by atoms with Crippen LogP contribution in [0.15, 0.2) is 16.9 Å². The topological polar surface area (TPSA) is 51.2 Å². The molecule has 1 rings (SSSR count). The molecular formula is C11H15BrN2O2. The number of halogens is 1. The molecule has 0 spiro atoms. The van der Waals surface area contributed by atoms with Gasteiger partial charge in [0, 0.05) is 0 Å². The van der Waals surface area contributed by atoms with Gasteiger partial charge >= 0.3 is 6.09 Å². The van der Waals surface area contributed by atoms with Crippen molar-refractivity contribution in [2.75, 3.05) is 5.32 Å². The normalized spacial score (nSPS) is 11.1. The highest BCUT2D eigenvalue weighted by atomic mass is 79.9. The molecule has 0 aliphatic rings. The Bertz CT molecular complexity index is 399. The number of nitrogens with one attached hydrogen (secondary N) is 1. The van der Waals surface area contributed by atoms with Crippen molar-refractivity contribution in [2.45, 2.75) is 33.3 Å². The molecule has 0 aliphatic heterocycles. The Balaban J connectivity index is 2.70. The second-order valence-corrected chi connectivity index (χ2v) is 5.26. The van der Waals surface area contributed by atoms with Crippen molar-refractivity contribution in [1.29, 1.82) is 0 Å². The van der Waals surface area contributed by atoms with E-state index < -0.39 is 11.7 Å². The molecule has 5 heteroatoms. The molecule has 0 unspecified atom stereocenters. The van der Waals surface area contributed by atoms with Gasteiger partial charge in [0.15, 0.2) is 0 Å². The molecule has 4 nitrogen and oxygen atoms in total. The van der Waals surface area contributed by atoms with Gasteiger partial charge in [-0.25, -0.2) is 9.78 Å². The van der Waals surface area contributed by atoms with Gasteiger partial charge < -0.3 is 4.74 Å². The first-order valence-electron chi connectivity index (χ1n) is 4.90. The number of carbonyl (C=O) groups is 1. The fourth-order valence-electron chi connectivity index (χ4n) is 1.07. The lowest BCUT2D eigenvalue weighted by molar-refractivity contribution is 0.0636. The molecular weight excluding hydrogens is 272 g/mol. The summed E-state index contributed by atoms with van der Waals surface area (Å²) in [6, 6.07) is 1.83. The number of ether oxygens (including phenoxy) is 1. The molecule has 1 N–H and O–H groups in total. The Morgan fingerprint density at radius 1 is 1.50 bits per heavy atom. The monoisotopic (exact) mass is 286 g/mol. The second-order valence-electron chi connectivity index (χ2n) is 4.45. The van der Waals surface area contributed by atoms with Crippen molar-refractivity contribution < 1.29 is 9.53 Å². The van der Waals surface area contributed by atoms with E-state index in [1.165, 1.54) is 0 Å². The molecule has 0 fully saturated rings. The van der Waals surface area contributed by atoms with Gasteiger partial charge in [-0.2, -0.15) is 0 Å². The van der Waals surface area contributed by atoms with Gasteiger partial charge in [-0.05, 0) is 55.3 Å². The molecule has 0 aliphatic carbocycles.